The smallest absolute Gasteiger partial charge is 0.121 e. The van der Waals surface area contributed by atoms with Gasteiger partial charge in [0.1, 0.15) is 5.75 Å². The molecule has 1 fully saturated rings. The molecule has 96 valence electrons. The molecule has 0 radical (unpaired) electrons. The average molecular weight is 243 g/mol. The second-order valence-corrected chi connectivity index (χ2v) is 5.61. The molecule has 1 aromatic rings. The standard InChI is InChI=1S/C16H21NO/c1-11-7-15(5-6-16(11)18-2)17-10-14-9-12-3-4-13(14)8-12/h3-7,12-14,17H,8-10H2,1-2H3. The summed E-state index contributed by atoms with van der Waals surface area (Å²) in [5.41, 5.74) is 2.40. The van der Waals surface area contributed by atoms with Gasteiger partial charge in [0.05, 0.1) is 7.11 Å². The van der Waals surface area contributed by atoms with E-state index >= 15 is 0 Å². The first-order valence-electron chi connectivity index (χ1n) is 6.83. The molecule has 0 aromatic heterocycles. The Kier molecular flexibility index (Phi) is 3.02. The zero-order chi connectivity index (χ0) is 12.5. The first kappa shape index (κ1) is 11.6. The van der Waals surface area contributed by atoms with Gasteiger partial charge in [0, 0.05) is 12.2 Å². The van der Waals surface area contributed by atoms with E-state index in [1.807, 2.05) is 6.07 Å². The molecule has 1 N–H and O–H groups in total. The number of allylic oxidation sites excluding steroid dienone is 2. The van der Waals surface area contributed by atoms with Crippen molar-refractivity contribution >= 4 is 5.69 Å². The lowest BCUT2D eigenvalue weighted by Gasteiger charge is -2.19. The van der Waals surface area contributed by atoms with E-state index in [-0.39, 0.29) is 0 Å². The van der Waals surface area contributed by atoms with Gasteiger partial charge in [-0.2, -0.15) is 0 Å². The van der Waals surface area contributed by atoms with Crippen LogP contribution < -0.4 is 10.1 Å². The van der Waals surface area contributed by atoms with Crippen LogP contribution in [-0.2, 0) is 0 Å². The SMILES string of the molecule is COc1ccc(NCC2CC3C=CC2C3)cc1C. The van der Waals surface area contributed by atoms with Crippen LogP contribution in [0.5, 0.6) is 5.75 Å². The number of ether oxygens (including phenoxy) is 1. The van der Waals surface area contributed by atoms with Crippen molar-refractivity contribution in [2.45, 2.75) is 19.8 Å². The van der Waals surface area contributed by atoms with Gasteiger partial charge in [-0.3, -0.25) is 0 Å². The molecule has 0 amide bonds. The summed E-state index contributed by atoms with van der Waals surface area (Å²) in [6.45, 7) is 3.18. The van der Waals surface area contributed by atoms with Crippen LogP contribution in [0.25, 0.3) is 0 Å². The molecule has 3 atom stereocenters. The second kappa shape index (κ2) is 4.68. The van der Waals surface area contributed by atoms with Crippen LogP contribution in [0.4, 0.5) is 5.69 Å². The van der Waals surface area contributed by atoms with Crippen LogP contribution in [0.3, 0.4) is 0 Å². The van der Waals surface area contributed by atoms with Gasteiger partial charge < -0.3 is 10.1 Å². The first-order chi connectivity index (χ1) is 8.76. The molecule has 1 aromatic carbocycles. The number of hydrogen-bond acceptors (Lipinski definition) is 2. The van der Waals surface area contributed by atoms with Crippen molar-refractivity contribution in [3.63, 3.8) is 0 Å². The van der Waals surface area contributed by atoms with E-state index in [9.17, 15) is 0 Å². The Morgan fingerprint density at radius 1 is 1.28 bits per heavy atom. The molecular formula is C16H21NO. The van der Waals surface area contributed by atoms with Crippen LogP contribution in [0.15, 0.2) is 30.4 Å². The van der Waals surface area contributed by atoms with Crippen LogP contribution in [0.1, 0.15) is 18.4 Å². The predicted octanol–water partition coefficient (Wildman–Crippen LogP) is 3.63. The molecule has 3 unspecified atom stereocenters. The lowest BCUT2D eigenvalue weighted by atomic mass is 9.93. The Morgan fingerprint density at radius 3 is 2.78 bits per heavy atom. The fourth-order valence-corrected chi connectivity index (χ4v) is 3.37. The van der Waals surface area contributed by atoms with Crippen LogP contribution in [0, 0.1) is 24.7 Å². The van der Waals surface area contributed by atoms with Crippen LogP contribution in [-0.4, -0.2) is 13.7 Å². The summed E-state index contributed by atoms with van der Waals surface area (Å²) in [4.78, 5) is 0. The van der Waals surface area contributed by atoms with Gasteiger partial charge in [0.25, 0.3) is 0 Å². The van der Waals surface area contributed by atoms with Crippen molar-refractivity contribution in [3.8, 4) is 5.75 Å². The third-order valence-corrected chi connectivity index (χ3v) is 4.38. The Labute approximate surface area is 109 Å². The molecule has 1 saturated carbocycles. The molecule has 0 heterocycles. The molecule has 0 aliphatic heterocycles. The van der Waals surface area contributed by atoms with Crippen molar-refractivity contribution in [2.75, 3.05) is 19.0 Å². The molecular weight excluding hydrogens is 222 g/mol. The lowest BCUT2D eigenvalue weighted by molar-refractivity contribution is 0.411. The molecule has 2 bridgehead atoms. The Hall–Kier alpha value is -1.44. The highest BCUT2D eigenvalue weighted by Gasteiger charge is 2.35. The zero-order valence-corrected chi connectivity index (χ0v) is 11.1. The summed E-state index contributed by atoms with van der Waals surface area (Å²) < 4.78 is 5.28. The van der Waals surface area contributed by atoms with Gasteiger partial charge in [-0.25, -0.2) is 0 Å². The van der Waals surface area contributed by atoms with Crippen molar-refractivity contribution in [1.82, 2.24) is 0 Å². The number of benzene rings is 1. The molecule has 2 aliphatic rings. The van der Waals surface area contributed by atoms with Crippen molar-refractivity contribution in [3.05, 3.63) is 35.9 Å². The summed E-state index contributed by atoms with van der Waals surface area (Å²) in [6.07, 6.45) is 7.57. The Bertz CT molecular complexity index is 466. The molecule has 18 heavy (non-hydrogen) atoms. The van der Waals surface area contributed by atoms with E-state index in [1.165, 1.54) is 24.1 Å². The molecule has 0 saturated heterocycles. The summed E-state index contributed by atoms with van der Waals surface area (Å²) in [5.74, 6) is 3.46. The number of fused-ring (bicyclic) bond motifs is 2. The number of nitrogens with one attached hydrogen (secondary N) is 1. The van der Waals surface area contributed by atoms with E-state index in [0.717, 1.165) is 30.0 Å². The molecule has 3 rings (SSSR count). The minimum atomic E-state index is 0.821. The molecule has 2 heteroatoms. The van der Waals surface area contributed by atoms with Gasteiger partial charge in [-0.05, 0) is 61.3 Å². The van der Waals surface area contributed by atoms with Crippen molar-refractivity contribution in [2.24, 2.45) is 17.8 Å². The van der Waals surface area contributed by atoms with E-state index in [2.05, 4.69) is 36.5 Å². The molecule has 2 aliphatic carbocycles. The monoisotopic (exact) mass is 243 g/mol. The summed E-state index contributed by atoms with van der Waals surface area (Å²) in [7, 11) is 1.72. The highest BCUT2D eigenvalue weighted by molar-refractivity contribution is 5.50. The Morgan fingerprint density at radius 2 is 2.17 bits per heavy atom. The van der Waals surface area contributed by atoms with Gasteiger partial charge in [0.15, 0.2) is 0 Å². The topological polar surface area (TPSA) is 21.3 Å². The summed E-state index contributed by atoms with van der Waals surface area (Å²) in [5, 5.41) is 3.57. The second-order valence-electron chi connectivity index (χ2n) is 5.61. The quantitative estimate of drug-likeness (QED) is 0.815. The fraction of sp³-hybridized carbons (Fsp3) is 0.500. The van der Waals surface area contributed by atoms with Crippen molar-refractivity contribution < 1.29 is 4.74 Å². The largest absolute Gasteiger partial charge is 0.496 e. The summed E-state index contributed by atoms with van der Waals surface area (Å²) in [6, 6.07) is 6.31. The molecule has 0 spiro atoms. The maximum Gasteiger partial charge on any atom is 0.121 e. The number of hydrogen-bond donors (Lipinski definition) is 1. The predicted molar refractivity (Wildman–Crippen MR) is 75.1 cm³/mol. The van der Waals surface area contributed by atoms with Gasteiger partial charge >= 0.3 is 0 Å². The highest BCUT2D eigenvalue weighted by Crippen LogP contribution is 2.43. The number of aryl methyl sites for hydroxylation is 1. The van der Waals surface area contributed by atoms with E-state index < -0.39 is 0 Å². The minimum absolute atomic E-state index is 0.821. The fourth-order valence-electron chi connectivity index (χ4n) is 3.37. The zero-order valence-electron chi connectivity index (χ0n) is 11.1. The third kappa shape index (κ3) is 2.12. The van der Waals surface area contributed by atoms with Crippen LogP contribution in [0.2, 0.25) is 0 Å². The maximum atomic E-state index is 5.28. The van der Waals surface area contributed by atoms with Crippen molar-refractivity contribution in [1.29, 1.82) is 0 Å². The first-order valence-corrected chi connectivity index (χ1v) is 6.83. The van der Waals surface area contributed by atoms with Gasteiger partial charge in [0.2, 0.25) is 0 Å². The number of rotatable bonds is 4. The van der Waals surface area contributed by atoms with E-state index in [1.54, 1.807) is 7.11 Å². The third-order valence-electron chi connectivity index (χ3n) is 4.38. The number of methoxy groups -OCH3 is 1. The van der Waals surface area contributed by atoms with E-state index in [0.29, 0.717) is 0 Å². The number of anilines is 1. The average Bonchev–Trinajstić information content (AvgIpc) is 2.98. The van der Waals surface area contributed by atoms with Gasteiger partial charge in [-0.1, -0.05) is 12.2 Å². The highest BCUT2D eigenvalue weighted by atomic mass is 16.5. The normalized spacial score (nSPS) is 28.7. The van der Waals surface area contributed by atoms with E-state index in [4.69, 9.17) is 4.74 Å². The van der Waals surface area contributed by atoms with Crippen LogP contribution >= 0.6 is 0 Å². The minimum Gasteiger partial charge on any atom is -0.496 e. The van der Waals surface area contributed by atoms with Gasteiger partial charge in [-0.15, -0.1) is 0 Å². The molecule has 2 nitrogen and oxygen atoms in total. The Balaban J connectivity index is 1.60. The summed E-state index contributed by atoms with van der Waals surface area (Å²) >= 11 is 0. The lowest BCUT2D eigenvalue weighted by Crippen LogP contribution is -2.18. The maximum absolute atomic E-state index is 5.28.